The molecule has 0 aliphatic carbocycles. The number of hydrogen-bond acceptors (Lipinski definition) is 4. The van der Waals surface area contributed by atoms with Gasteiger partial charge in [-0.3, -0.25) is 4.90 Å². The summed E-state index contributed by atoms with van der Waals surface area (Å²) in [5, 5.41) is 3.67. The lowest BCUT2D eigenvalue weighted by atomic mass is 9.88. The summed E-state index contributed by atoms with van der Waals surface area (Å²) in [6, 6.07) is 2.09. The smallest absolute Gasteiger partial charge is 0.0795 e. The predicted octanol–water partition coefficient (Wildman–Crippen LogP) is 2.50. The summed E-state index contributed by atoms with van der Waals surface area (Å²) in [5.41, 5.74) is 0.212. The Morgan fingerprint density at radius 2 is 2.30 bits per heavy atom. The quantitative estimate of drug-likeness (QED) is 0.862. The molecule has 3 rings (SSSR count). The minimum atomic E-state index is 0.212. The second-order valence-electron chi connectivity index (χ2n) is 7.06. The minimum Gasteiger partial charge on any atom is -0.374 e. The van der Waals surface area contributed by atoms with Gasteiger partial charge in [0.05, 0.1) is 5.60 Å². The van der Waals surface area contributed by atoms with E-state index in [2.05, 4.69) is 35.8 Å². The van der Waals surface area contributed by atoms with Crippen molar-refractivity contribution < 1.29 is 4.74 Å². The van der Waals surface area contributed by atoms with Gasteiger partial charge in [-0.15, -0.1) is 0 Å². The molecule has 1 spiro atoms. The van der Waals surface area contributed by atoms with E-state index in [1.165, 1.54) is 56.7 Å². The first-order valence-electron chi connectivity index (χ1n) is 8.39. The van der Waals surface area contributed by atoms with Crippen LogP contribution >= 0.6 is 11.8 Å². The predicted molar refractivity (Wildman–Crippen MR) is 86.5 cm³/mol. The lowest BCUT2D eigenvalue weighted by Crippen LogP contribution is -2.53. The highest BCUT2D eigenvalue weighted by atomic mass is 32.2. The molecule has 3 unspecified atom stereocenters. The van der Waals surface area contributed by atoms with Crippen LogP contribution < -0.4 is 5.32 Å². The molecule has 3 fully saturated rings. The van der Waals surface area contributed by atoms with Crippen LogP contribution in [-0.4, -0.2) is 59.8 Å². The SMILES string of the molecule is CC(C)N(CC1CCCN1)C1CCOC2(CCSC2)C1. The van der Waals surface area contributed by atoms with Gasteiger partial charge in [0.25, 0.3) is 0 Å². The fourth-order valence-corrected chi connectivity index (χ4v) is 5.48. The molecular formula is C16H30N2OS. The Bertz CT molecular complexity index is 312. The Kier molecular flexibility index (Phi) is 4.96. The van der Waals surface area contributed by atoms with E-state index >= 15 is 0 Å². The molecule has 4 heteroatoms. The van der Waals surface area contributed by atoms with Crippen molar-refractivity contribution in [2.24, 2.45) is 0 Å². The third-order valence-electron chi connectivity index (χ3n) is 5.26. The Labute approximate surface area is 128 Å². The van der Waals surface area contributed by atoms with Gasteiger partial charge < -0.3 is 10.1 Å². The van der Waals surface area contributed by atoms with Crippen molar-refractivity contribution in [2.45, 2.75) is 69.7 Å². The van der Waals surface area contributed by atoms with Crippen LogP contribution in [0.25, 0.3) is 0 Å². The van der Waals surface area contributed by atoms with Crippen molar-refractivity contribution in [3.8, 4) is 0 Å². The molecule has 3 saturated heterocycles. The van der Waals surface area contributed by atoms with Gasteiger partial charge in [0, 0.05) is 37.0 Å². The van der Waals surface area contributed by atoms with Gasteiger partial charge >= 0.3 is 0 Å². The third kappa shape index (κ3) is 3.34. The van der Waals surface area contributed by atoms with Crippen LogP contribution in [-0.2, 0) is 4.74 Å². The number of thioether (sulfide) groups is 1. The van der Waals surface area contributed by atoms with E-state index in [1.807, 2.05) is 0 Å². The van der Waals surface area contributed by atoms with Crippen LogP contribution in [0.5, 0.6) is 0 Å². The Balaban J connectivity index is 1.63. The Hall–Kier alpha value is 0.230. The monoisotopic (exact) mass is 298 g/mol. The Morgan fingerprint density at radius 3 is 2.95 bits per heavy atom. The second-order valence-corrected chi connectivity index (χ2v) is 8.17. The van der Waals surface area contributed by atoms with Crippen molar-refractivity contribution in [3.05, 3.63) is 0 Å². The maximum Gasteiger partial charge on any atom is 0.0795 e. The molecule has 116 valence electrons. The standard InChI is InChI=1S/C16H30N2OS/c1-13(2)18(11-14-4-3-7-17-14)15-5-8-19-16(10-15)6-9-20-12-16/h13-15,17H,3-12H2,1-2H3. The van der Waals surface area contributed by atoms with E-state index in [-0.39, 0.29) is 5.60 Å². The summed E-state index contributed by atoms with van der Waals surface area (Å²) in [6.07, 6.45) is 6.45. The maximum atomic E-state index is 6.19. The van der Waals surface area contributed by atoms with Crippen molar-refractivity contribution >= 4 is 11.8 Å². The highest BCUT2D eigenvalue weighted by Gasteiger charge is 2.42. The van der Waals surface area contributed by atoms with E-state index in [0.717, 1.165) is 12.6 Å². The molecular weight excluding hydrogens is 268 g/mol. The number of ether oxygens (including phenoxy) is 1. The average molecular weight is 298 g/mol. The molecule has 0 bridgehead atoms. The normalized spacial score (nSPS) is 38.4. The first-order valence-corrected chi connectivity index (χ1v) is 9.55. The summed E-state index contributed by atoms with van der Waals surface area (Å²) in [5.74, 6) is 2.51. The molecule has 20 heavy (non-hydrogen) atoms. The zero-order chi connectivity index (χ0) is 14.0. The van der Waals surface area contributed by atoms with E-state index in [0.29, 0.717) is 12.1 Å². The zero-order valence-electron chi connectivity index (χ0n) is 13.1. The highest BCUT2D eigenvalue weighted by molar-refractivity contribution is 7.99. The zero-order valence-corrected chi connectivity index (χ0v) is 13.9. The van der Waals surface area contributed by atoms with Gasteiger partial charge in [-0.25, -0.2) is 0 Å². The summed E-state index contributed by atoms with van der Waals surface area (Å²) >= 11 is 2.08. The molecule has 0 saturated carbocycles. The number of nitrogens with zero attached hydrogens (tertiary/aromatic N) is 1. The molecule has 0 aromatic heterocycles. The fourth-order valence-electron chi connectivity index (χ4n) is 4.10. The summed E-state index contributed by atoms with van der Waals surface area (Å²) < 4.78 is 6.19. The number of hydrogen-bond donors (Lipinski definition) is 1. The molecule has 1 N–H and O–H groups in total. The highest BCUT2D eigenvalue weighted by Crippen LogP contribution is 2.40. The van der Waals surface area contributed by atoms with Crippen LogP contribution in [0.4, 0.5) is 0 Å². The van der Waals surface area contributed by atoms with E-state index in [1.54, 1.807) is 0 Å². The molecule has 3 heterocycles. The summed E-state index contributed by atoms with van der Waals surface area (Å²) in [4.78, 5) is 2.76. The van der Waals surface area contributed by atoms with Crippen LogP contribution in [0, 0.1) is 0 Å². The van der Waals surface area contributed by atoms with Crippen molar-refractivity contribution in [3.63, 3.8) is 0 Å². The van der Waals surface area contributed by atoms with Crippen LogP contribution in [0.2, 0.25) is 0 Å². The van der Waals surface area contributed by atoms with E-state index in [4.69, 9.17) is 4.74 Å². The lowest BCUT2D eigenvalue weighted by molar-refractivity contribution is -0.0943. The van der Waals surface area contributed by atoms with Crippen molar-refractivity contribution in [1.29, 1.82) is 0 Å². The third-order valence-corrected chi connectivity index (χ3v) is 6.48. The van der Waals surface area contributed by atoms with E-state index < -0.39 is 0 Å². The molecule has 0 amide bonds. The second kappa shape index (κ2) is 6.55. The van der Waals surface area contributed by atoms with Crippen molar-refractivity contribution in [2.75, 3.05) is 31.2 Å². The Morgan fingerprint density at radius 1 is 1.40 bits per heavy atom. The van der Waals surface area contributed by atoms with Gasteiger partial charge in [0.2, 0.25) is 0 Å². The van der Waals surface area contributed by atoms with Gasteiger partial charge in [-0.1, -0.05) is 0 Å². The molecule has 3 atom stereocenters. The summed E-state index contributed by atoms with van der Waals surface area (Å²) in [6.45, 7) is 8.13. The van der Waals surface area contributed by atoms with Gasteiger partial charge in [0.15, 0.2) is 0 Å². The first kappa shape index (κ1) is 15.1. The fraction of sp³-hybridized carbons (Fsp3) is 1.00. The molecule has 3 aliphatic heterocycles. The number of rotatable bonds is 4. The maximum absolute atomic E-state index is 6.19. The minimum absolute atomic E-state index is 0.212. The van der Waals surface area contributed by atoms with Gasteiger partial charge in [0.1, 0.15) is 0 Å². The molecule has 3 nitrogen and oxygen atoms in total. The van der Waals surface area contributed by atoms with Crippen LogP contribution in [0.3, 0.4) is 0 Å². The number of nitrogens with one attached hydrogen (secondary N) is 1. The van der Waals surface area contributed by atoms with E-state index in [9.17, 15) is 0 Å². The molecule has 3 aliphatic rings. The molecule has 0 aromatic rings. The van der Waals surface area contributed by atoms with Crippen LogP contribution in [0.1, 0.15) is 46.0 Å². The van der Waals surface area contributed by atoms with Crippen molar-refractivity contribution in [1.82, 2.24) is 10.2 Å². The topological polar surface area (TPSA) is 24.5 Å². The largest absolute Gasteiger partial charge is 0.374 e. The molecule has 0 aromatic carbocycles. The average Bonchev–Trinajstić information content (AvgIpc) is 3.08. The summed E-state index contributed by atoms with van der Waals surface area (Å²) in [7, 11) is 0. The molecule has 0 radical (unpaired) electrons. The van der Waals surface area contributed by atoms with Gasteiger partial charge in [-0.2, -0.15) is 11.8 Å². The van der Waals surface area contributed by atoms with Crippen LogP contribution in [0.15, 0.2) is 0 Å². The lowest BCUT2D eigenvalue weighted by Gasteiger charge is -2.45. The van der Waals surface area contributed by atoms with Gasteiger partial charge in [-0.05, 0) is 58.2 Å². The first-order chi connectivity index (χ1) is 9.69.